The summed E-state index contributed by atoms with van der Waals surface area (Å²) in [6, 6.07) is 7.27. The first-order valence-corrected chi connectivity index (χ1v) is 11.9. The van der Waals surface area contributed by atoms with Crippen molar-refractivity contribution < 1.29 is 14.5 Å². The minimum absolute atomic E-state index is 0.0803. The molecule has 3 heterocycles. The zero-order chi connectivity index (χ0) is 24.1. The highest BCUT2D eigenvalue weighted by Crippen LogP contribution is 2.37. The van der Waals surface area contributed by atoms with Gasteiger partial charge in [-0.05, 0) is 37.6 Å². The minimum Gasteiger partial charge on any atom is -0.462 e. The zero-order valence-corrected chi connectivity index (χ0v) is 19.9. The van der Waals surface area contributed by atoms with Gasteiger partial charge in [0.2, 0.25) is 0 Å². The van der Waals surface area contributed by atoms with Crippen LogP contribution in [-0.2, 0) is 11.3 Å². The summed E-state index contributed by atoms with van der Waals surface area (Å²) in [7, 11) is 0. The van der Waals surface area contributed by atoms with Gasteiger partial charge < -0.3 is 20.3 Å². The van der Waals surface area contributed by atoms with E-state index in [1.165, 1.54) is 11.3 Å². The summed E-state index contributed by atoms with van der Waals surface area (Å²) >= 11 is 1.21. The van der Waals surface area contributed by atoms with Crippen LogP contribution in [0.15, 0.2) is 36.7 Å². The number of nitro groups is 1. The lowest BCUT2D eigenvalue weighted by atomic mass is 10.0. The molecule has 11 heteroatoms. The molecule has 0 radical (unpaired) electrons. The molecular weight excluding hydrogens is 456 g/mol. The number of benzene rings is 1. The Labute approximate surface area is 201 Å². The molecule has 0 amide bonds. The number of nitrogens with one attached hydrogen (secondary N) is 2. The summed E-state index contributed by atoms with van der Waals surface area (Å²) < 4.78 is 5.20. The molecule has 3 aromatic rings. The van der Waals surface area contributed by atoms with E-state index in [2.05, 4.69) is 25.5 Å². The number of carbonyl (C=O) groups is 1. The van der Waals surface area contributed by atoms with Gasteiger partial charge in [0.15, 0.2) is 10.7 Å². The first kappa shape index (κ1) is 23.6. The zero-order valence-electron chi connectivity index (χ0n) is 19.0. The summed E-state index contributed by atoms with van der Waals surface area (Å²) in [6.07, 6.45) is 3.31. The Kier molecular flexibility index (Phi) is 7.33. The van der Waals surface area contributed by atoms with Gasteiger partial charge in [-0.3, -0.25) is 15.1 Å². The van der Waals surface area contributed by atoms with E-state index in [4.69, 9.17) is 4.74 Å². The van der Waals surface area contributed by atoms with Gasteiger partial charge in [0.25, 0.3) is 5.69 Å². The molecule has 34 heavy (non-hydrogen) atoms. The van der Waals surface area contributed by atoms with Crippen LogP contribution in [0.2, 0.25) is 0 Å². The molecular formula is C23H26N6O4S. The molecule has 2 aromatic heterocycles. The van der Waals surface area contributed by atoms with Gasteiger partial charge in [-0.25, -0.2) is 9.78 Å². The summed E-state index contributed by atoms with van der Waals surface area (Å²) in [5, 5.41) is 19.2. The van der Waals surface area contributed by atoms with Crippen LogP contribution in [0.4, 0.5) is 17.2 Å². The van der Waals surface area contributed by atoms with Crippen molar-refractivity contribution in [1.29, 1.82) is 0 Å². The van der Waals surface area contributed by atoms with Crippen LogP contribution < -0.4 is 15.5 Å². The lowest BCUT2D eigenvalue weighted by molar-refractivity contribution is -0.384. The third-order valence-electron chi connectivity index (χ3n) is 5.51. The number of aryl methyl sites for hydroxylation is 1. The molecule has 0 saturated carbocycles. The maximum Gasteiger partial charge on any atom is 0.352 e. The summed E-state index contributed by atoms with van der Waals surface area (Å²) in [6.45, 7) is 6.96. The predicted molar refractivity (Wildman–Crippen MR) is 132 cm³/mol. The van der Waals surface area contributed by atoms with Crippen molar-refractivity contribution in [2.75, 3.05) is 43.0 Å². The van der Waals surface area contributed by atoms with Crippen LogP contribution >= 0.6 is 11.3 Å². The van der Waals surface area contributed by atoms with Crippen molar-refractivity contribution in [3.8, 4) is 10.6 Å². The number of hydrogen-bond donors (Lipinski definition) is 2. The van der Waals surface area contributed by atoms with Gasteiger partial charge >= 0.3 is 5.97 Å². The molecule has 0 unspecified atom stereocenters. The lowest BCUT2D eigenvalue weighted by Crippen LogP contribution is -2.44. The van der Waals surface area contributed by atoms with Crippen LogP contribution in [-0.4, -0.2) is 53.6 Å². The molecule has 1 aliphatic rings. The number of anilines is 2. The number of nitro benzene ring substituents is 1. The van der Waals surface area contributed by atoms with Crippen LogP contribution in [0.5, 0.6) is 0 Å². The fourth-order valence-electron chi connectivity index (χ4n) is 3.93. The summed E-state index contributed by atoms with van der Waals surface area (Å²) in [5.74, 6) is -0.142. The molecule has 0 spiro atoms. The van der Waals surface area contributed by atoms with E-state index >= 15 is 0 Å². The predicted octanol–water partition coefficient (Wildman–Crippen LogP) is 3.62. The molecule has 0 atom stereocenters. The number of rotatable bonds is 8. The number of piperazine rings is 1. The van der Waals surface area contributed by atoms with Gasteiger partial charge in [-0.15, -0.1) is 11.3 Å². The Morgan fingerprint density at radius 1 is 1.26 bits per heavy atom. The van der Waals surface area contributed by atoms with Crippen LogP contribution in [0, 0.1) is 17.0 Å². The third-order valence-corrected chi connectivity index (χ3v) is 6.60. The highest BCUT2D eigenvalue weighted by atomic mass is 32.1. The van der Waals surface area contributed by atoms with E-state index in [0.29, 0.717) is 40.0 Å². The van der Waals surface area contributed by atoms with E-state index in [0.717, 1.165) is 24.2 Å². The normalized spacial score (nSPS) is 13.5. The van der Waals surface area contributed by atoms with E-state index in [1.54, 1.807) is 25.4 Å². The Hall–Kier alpha value is -3.57. The fourth-order valence-corrected chi connectivity index (χ4v) is 4.87. The van der Waals surface area contributed by atoms with Crippen molar-refractivity contribution in [3.63, 3.8) is 0 Å². The highest BCUT2D eigenvalue weighted by molar-refractivity contribution is 7.17. The molecule has 1 saturated heterocycles. The largest absolute Gasteiger partial charge is 0.462 e. The Balaban J connectivity index is 1.67. The summed E-state index contributed by atoms with van der Waals surface area (Å²) in [5.41, 5.74) is 2.93. The SMILES string of the molecule is CCOC(=O)c1sc(-c2ccncc2)nc1NCc1ccc(C)c(N2CCNCC2)c1[N+](=O)[O-]. The second-order valence-electron chi connectivity index (χ2n) is 7.74. The Morgan fingerprint density at radius 2 is 2.00 bits per heavy atom. The molecule has 4 rings (SSSR count). The minimum atomic E-state index is -0.484. The fraction of sp³-hybridized carbons (Fsp3) is 0.348. The van der Waals surface area contributed by atoms with Crippen LogP contribution in [0.1, 0.15) is 27.7 Å². The standard InChI is InChI=1S/C23H26N6O4S/c1-3-33-23(30)20-21(27-22(34-20)16-6-8-24-9-7-16)26-14-17-5-4-15(2)18(19(17)29(31)32)28-12-10-25-11-13-28/h4-9,25-26H,3,10-14H2,1-2H3. The average Bonchev–Trinajstić information content (AvgIpc) is 3.28. The van der Waals surface area contributed by atoms with Crippen molar-refractivity contribution in [1.82, 2.24) is 15.3 Å². The molecule has 1 aliphatic heterocycles. The Morgan fingerprint density at radius 3 is 2.68 bits per heavy atom. The average molecular weight is 483 g/mol. The van der Waals surface area contributed by atoms with Crippen LogP contribution in [0.25, 0.3) is 10.6 Å². The highest BCUT2D eigenvalue weighted by Gasteiger charge is 2.28. The first-order valence-electron chi connectivity index (χ1n) is 11.0. The number of carbonyl (C=O) groups excluding carboxylic acids is 1. The number of ether oxygens (including phenoxy) is 1. The topological polar surface area (TPSA) is 123 Å². The summed E-state index contributed by atoms with van der Waals surface area (Å²) in [4.78, 5) is 35.4. The quantitative estimate of drug-likeness (QED) is 0.281. The second kappa shape index (κ2) is 10.6. The third kappa shape index (κ3) is 5.00. The van der Waals surface area contributed by atoms with Crippen molar-refractivity contribution in [3.05, 3.63) is 62.8 Å². The molecule has 1 aromatic carbocycles. The maximum absolute atomic E-state index is 12.6. The molecule has 178 valence electrons. The molecule has 2 N–H and O–H groups in total. The van der Waals surface area contributed by atoms with Gasteiger partial charge in [-0.2, -0.15) is 0 Å². The maximum atomic E-state index is 12.6. The number of pyridine rings is 1. The van der Waals surface area contributed by atoms with E-state index in [1.807, 2.05) is 25.1 Å². The molecule has 10 nitrogen and oxygen atoms in total. The van der Waals surface area contributed by atoms with E-state index in [-0.39, 0.29) is 23.8 Å². The number of thiazole rings is 1. The van der Waals surface area contributed by atoms with Crippen molar-refractivity contribution in [2.24, 2.45) is 0 Å². The Bertz CT molecular complexity index is 1180. The molecule has 1 fully saturated rings. The number of hydrogen-bond acceptors (Lipinski definition) is 10. The van der Waals surface area contributed by atoms with Crippen LogP contribution in [0.3, 0.4) is 0 Å². The van der Waals surface area contributed by atoms with Gasteiger partial charge in [-0.1, -0.05) is 6.07 Å². The van der Waals surface area contributed by atoms with Gasteiger partial charge in [0.1, 0.15) is 10.7 Å². The molecule has 0 aliphatic carbocycles. The monoisotopic (exact) mass is 482 g/mol. The number of aromatic nitrogens is 2. The number of nitrogens with zero attached hydrogens (tertiary/aromatic N) is 4. The second-order valence-corrected chi connectivity index (χ2v) is 8.74. The smallest absolute Gasteiger partial charge is 0.352 e. The van der Waals surface area contributed by atoms with Gasteiger partial charge in [0, 0.05) is 50.7 Å². The van der Waals surface area contributed by atoms with E-state index < -0.39 is 5.97 Å². The van der Waals surface area contributed by atoms with Crippen molar-refractivity contribution in [2.45, 2.75) is 20.4 Å². The molecule has 0 bridgehead atoms. The van der Waals surface area contributed by atoms with Crippen molar-refractivity contribution >= 4 is 34.5 Å². The van der Waals surface area contributed by atoms with E-state index in [9.17, 15) is 14.9 Å². The lowest BCUT2D eigenvalue weighted by Gasteiger charge is -2.30. The number of esters is 1. The first-order chi connectivity index (χ1) is 16.5. The van der Waals surface area contributed by atoms with Gasteiger partial charge in [0.05, 0.1) is 17.1 Å².